The first-order valence-corrected chi connectivity index (χ1v) is 5.63. The van der Waals surface area contributed by atoms with Gasteiger partial charge in [-0.05, 0) is 0 Å². The molecule has 1 unspecified atom stereocenters. The number of aliphatic hydroxyl groups excluding tert-OH is 1. The van der Waals surface area contributed by atoms with E-state index < -0.39 is 23.6 Å². The van der Waals surface area contributed by atoms with Crippen molar-refractivity contribution in [3.05, 3.63) is 17.4 Å². The largest absolute Gasteiger partial charge is 0.504 e. The summed E-state index contributed by atoms with van der Waals surface area (Å²) in [4.78, 5) is 11.3. The van der Waals surface area contributed by atoms with Gasteiger partial charge in [0.1, 0.15) is 0 Å². The van der Waals surface area contributed by atoms with E-state index in [1.807, 2.05) is 0 Å². The van der Waals surface area contributed by atoms with Crippen molar-refractivity contribution in [1.29, 1.82) is 0 Å². The van der Waals surface area contributed by atoms with Crippen molar-refractivity contribution >= 4 is 5.97 Å². The van der Waals surface area contributed by atoms with Crippen LogP contribution in [-0.2, 0) is 9.53 Å². The van der Waals surface area contributed by atoms with Crippen LogP contribution in [0.25, 0.3) is 0 Å². The predicted octanol–water partition coefficient (Wildman–Crippen LogP) is 0.899. The second-order valence-electron chi connectivity index (χ2n) is 3.92. The van der Waals surface area contributed by atoms with Crippen molar-refractivity contribution in [3.63, 3.8) is 0 Å². The second-order valence-corrected chi connectivity index (χ2v) is 3.92. The Bertz CT molecular complexity index is 501. The molecule has 1 aromatic rings. The summed E-state index contributed by atoms with van der Waals surface area (Å²) in [6.07, 6.45) is -1.29. The van der Waals surface area contributed by atoms with E-state index >= 15 is 0 Å². The Morgan fingerprint density at radius 2 is 2.16 bits per heavy atom. The van der Waals surface area contributed by atoms with Crippen molar-refractivity contribution in [3.8, 4) is 17.2 Å². The Kier molecular flexibility index (Phi) is 3.75. The van der Waals surface area contributed by atoms with E-state index in [1.54, 1.807) is 0 Å². The van der Waals surface area contributed by atoms with Gasteiger partial charge < -0.3 is 24.4 Å². The maximum atomic E-state index is 13.6. The number of rotatable bonds is 2. The lowest BCUT2D eigenvalue weighted by Gasteiger charge is -2.17. The first-order valence-electron chi connectivity index (χ1n) is 5.63. The molecule has 0 aromatic heterocycles. The summed E-state index contributed by atoms with van der Waals surface area (Å²) in [5, 5.41) is 19.5. The molecule has 6 nitrogen and oxygen atoms in total. The van der Waals surface area contributed by atoms with Crippen molar-refractivity contribution in [1.82, 2.24) is 0 Å². The second kappa shape index (κ2) is 5.31. The molecule has 104 valence electrons. The van der Waals surface area contributed by atoms with Gasteiger partial charge in [0.15, 0.2) is 29.2 Å². The molecule has 0 saturated heterocycles. The van der Waals surface area contributed by atoms with E-state index in [4.69, 9.17) is 9.47 Å². The number of hydrogen-bond donors (Lipinski definition) is 2. The third-order valence-corrected chi connectivity index (χ3v) is 2.70. The van der Waals surface area contributed by atoms with Gasteiger partial charge in [0.25, 0.3) is 0 Å². The van der Waals surface area contributed by atoms with Crippen LogP contribution in [0, 0.1) is 5.82 Å². The van der Waals surface area contributed by atoms with E-state index in [1.165, 1.54) is 0 Å². The fraction of sp³-hybridized carbons (Fsp3) is 0.417. The molecule has 0 saturated carbocycles. The van der Waals surface area contributed by atoms with Gasteiger partial charge in [0.2, 0.25) is 0 Å². The number of ether oxygens (including phenoxy) is 3. The quantitative estimate of drug-likeness (QED) is 0.778. The summed E-state index contributed by atoms with van der Waals surface area (Å²) in [6, 6.07) is 0.948. The van der Waals surface area contributed by atoms with Crippen LogP contribution in [0.5, 0.6) is 17.2 Å². The molecule has 7 heteroatoms. The minimum Gasteiger partial charge on any atom is -0.504 e. The molecular weight excluding hydrogens is 259 g/mol. The zero-order valence-corrected chi connectivity index (χ0v) is 10.2. The van der Waals surface area contributed by atoms with Gasteiger partial charge in [-0.25, -0.2) is 9.18 Å². The normalized spacial score (nSPS) is 15.5. The first-order chi connectivity index (χ1) is 9.06. The van der Waals surface area contributed by atoms with Crippen molar-refractivity contribution in [2.75, 3.05) is 20.3 Å². The highest BCUT2D eigenvalue weighted by Crippen LogP contribution is 2.44. The molecule has 0 fully saturated rings. The van der Waals surface area contributed by atoms with Gasteiger partial charge in [-0.2, -0.15) is 0 Å². The maximum absolute atomic E-state index is 13.6. The average molecular weight is 272 g/mol. The maximum Gasteiger partial charge on any atom is 0.339 e. The van der Waals surface area contributed by atoms with Crippen molar-refractivity contribution < 1.29 is 33.6 Å². The molecular formula is C12H13FO6. The Morgan fingerprint density at radius 3 is 2.84 bits per heavy atom. The minimum atomic E-state index is -1.85. The van der Waals surface area contributed by atoms with Crippen LogP contribution >= 0.6 is 0 Å². The lowest BCUT2D eigenvalue weighted by molar-refractivity contribution is -0.150. The van der Waals surface area contributed by atoms with Crippen LogP contribution in [0.4, 0.5) is 4.39 Å². The number of halogens is 1. The molecule has 1 atom stereocenters. The summed E-state index contributed by atoms with van der Waals surface area (Å²) in [5.41, 5.74) is -0.385. The number of fused-ring (bicyclic) bond motifs is 1. The standard InChI is InChI=1S/C12H13FO6/c1-17-12(16)10(15)8-9(14)6(13)5-7-11(8)19-4-2-3-18-7/h5,10,14-15H,2-4H2,1H3. The SMILES string of the molecule is COC(=O)C(O)c1c(O)c(F)cc2c1OCCCO2. The molecule has 19 heavy (non-hydrogen) atoms. The molecule has 0 spiro atoms. The van der Waals surface area contributed by atoms with E-state index in [9.17, 15) is 19.4 Å². The van der Waals surface area contributed by atoms with Gasteiger partial charge in [-0.15, -0.1) is 0 Å². The zero-order chi connectivity index (χ0) is 14.0. The summed E-state index contributed by atoms with van der Waals surface area (Å²) in [5.74, 6) is -2.92. The summed E-state index contributed by atoms with van der Waals surface area (Å²) < 4.78 is 28.5. The molecule has 2 N–H and O–H groups in total. The summed E-state index contributed by atoms with van der Waals surface area (Å²) >= 11 is 0. The molecule has 1 aromatic carbocycles. The topological polar surface area (TPSA) is 85.2 Å². The van der Waals surface area contributed by atoms with Gasteiger partial charge in [0, 0.05) is 12.5 Å². The Morgan fingerprint density at radius 1 is 1.47 bits per heavy atom. The predicted molar refractivity (Wildman–Crippen MR) is 60.6 cm³/mol. The summed E-state index contributed by atoms with van der Waals surface area (Å²) in [6.45, 7) is 0.573. The zero-order valence-electron chi connectivity index (χ0n) is 10.2. The monoisotopic (exact) mass is 272 g/mol. The number of benzene rings is 1. The third-order valence-electron chi connectivity index (χ3n) is 2.70. The van der Waals surface area contributed by atoms with E-state index in [0.717, 1.165) is 13.2 Å². The van der Waals surface area contributed by atoms with Gasteiger partial charge in [0.05, 0.1) is 25.9 Å². The van der Waals surface area contributed by atoms with Crippen LogP contribution in [0.1, 0.15) is 18.1 Å². The molecule has 1 aliphatic heterocycles. The number of phenols is 1. The van der Waals surface area contributed by atoms with Gasteiger partial charge in [-0.3, -0.25) is 0 Å². The number of carbonyl (C=O) groups excluding carboxylic acids is 1. The molecule has 0 amide bonds. The lowest BCUT2D eigenvalue weighted by Crippen LogP contribution is -2.15. The average Bonchev–Trinajstić information content (AvgIpc) is 2.63. The van der Waals surface area contributed by atoms with Crippen LogP contribution in [0.3, 0.4) is 0 Å². The smallest absolute Gasteiger partial charge is 0.339 e. The number of hydrogen-bond acceptors (Lipinski definition) is 6. The number of aromatic hydroxyl groups is 1. The van der Waals surface area contributed by atoms with Crippen LogP contribution in [0.15, 0.2) is 6.07 Å². The number of methoxy groups -OCH3 is 1. The third kappa shape index (κ3) is 2.41. The molecule has 0 radical (unpaired) electrons. The van der Waals surface area contributed by atoms with Crippen LogP contribution < -0.4 is 9.47 Å². The lowest BCUT2D eigenvalue weighted by atomic mass is 10.1. The van der Waals surface area contributed by atoms with Crippen LogP contribution in [0.2, 0.25) is 0 Å². The molecule has 2 rings (SSSR count). The van der Waals surface area contributed by atoms with Crippen molar-refractivity contribution in [2.45, 2.75) is 12.5 Å². The highest BCUT2D eigenvalue weighted by Gasteiger charge is 2.31. The van der Waals surface area contributed by atoms with E-state index in [0.29, 0.717) is 13.0 Å². The van der Waals surface area contributed by atoms with Gasteiger partial charge >= 0.3 is 5.97 Å². The molecule has 0 bridgehead atoms. The number of phenolic OH excluding ortho intramolecular Hbond substituents is 1. The Labute approximate surface area is 108 Å². The summed E-state index contributed by atoms with van der Waals surface area (Å²) in [7, 11) is 1.07. The highest BCUT2D eigenvalue weighted by atomic mass is 19.1. The number of esters is 1. The first kappa shape index (κ1) is 13.4. The fourth-order valence-corrected chi connectivity index (χ4v) is 1.77. The van der Waals surface area contributed by atoms with E-state index in [2.05, 4.69) is 4.74 Å². The fourth-order valence-electron chi connectivity index (χ4n) is 1.77. The van der Waals surface area contributed by atoms with Gasteiger partial charge in [-0.1, -0.05) is 0 Å². The number of carbonyl (C=O) groups is 1. The minimum absolute atomic E-state index is 0.0331. The Hall–Kier alpha value is -2.02. The number of aliphatic hydroxyl groups is 1. The molecule has 0 aliphatic carbocycles. The molecule has 1 aliphatic rings. The molecule has 1 heterocycles. The Balaban J connectivity index is 2.57. The van der Waals surface area contributed by atoms with Crippen molar-refractivity contribution in [2.24, 2.45) is 0 Å². The van der Waals surface area contributed by atoms with E-state index in [-0.39, 0.29) is 23.7 Å². The van der Waals surface area contributed by atoms with Crippen LogP contribution in [-0.4, -0.2) is 36.5 Å². The highest BCUT2D eigenvalue weighted by molar-refractivity contribution is 5.79.